The fourth-order valence-electron chi connectivity index (χ4n) is 10.1. The molecule has 0 unspecified atom stereocenters. The first-order chi connectivity index (χ1) is 32.2. The van der Waals surface area contributed by atoms with Gasteiger partial charge in [-0.25, -0.2) is 14.4 Å². The molecule has 6 aromatic rings. The van der Waals surface area contributed by atoms with Crippen molar-refractivity contribution in [2.24, 2.45) is 5.73 Å². The third-order valence-electron chi connectivity index (χ3n) is 13.3. The molecule has 4 fully saturated rings. The number of nitrogens with two attached hydrogens (primary N) is 1. The predicted octanol–water partition coefficient (Wildman–Crippen LogP) is 9.20. The number of rotatable bonds is 7. The van der Waals surface area contributed by atoms with Gasteiger partial charge in [-0.1, -0.05) is 60.7 Å². The van der Waals surface area contributed by atoms with Crippen LogP contribution < -0.4 is 11.1 Å². The maximum atomic E-state index is 13.0. The van der Waals surface area contributed by atoms with Gasteiger partial charge < -0.3 is 25.6 Å². The van der Waals surface area contributed by atoms with Crippen LogP contribution in [0.4, 0.5) is 9.59 Å². The van der Waals surface area contributed by atoms with E-state index in [1.807, 2.05) is 86.0 Å². The van der Waals surface area contributed by atoms with E-state index in [4.69, 9.17) is 20.3 Å². The van der Waals surface area contributed by atoms with E-state index in [-0.39, 0.29) is 59.9 Å². The highest BCUT2D eigenvalue weighted by Gasteiger charge is 2.52. The number of nitrogens with zero attached hydrogens (tertiary/aromatic N) is 6. The van der Waals surface area contributed by atoms with Crippen LogP contribution in [-0.2, 0) is 9.47 Å². The Kier molecular flexibility index (Phi) is 13.8. The SMILES string of the molecule is CC1(C)OC(=O)N(C2CCC(N)CC2)[C@H]1c1ccccc1.CC1(C)OC(=O)N(C2CCC(NC(=O)c3ccnc4cccnc34)CC2)[C@H]1c1ccccc1.O=C(O)c1ccnc2cccnc12. The third-order valence-corrected chi connectivity index (χ3v) is 13.3. The van der Waals surface area contributed by atoms with E-state index in [1.54, 1.807) is 36.8 Å². The van der Waals surface area contributed by atoms with Crippen LogP contribution in [0.3, 0.4) is 0 Å². The molecule has 4 aromatic heterocycles. The Hall–Kier alpha value is -7.00. The molecule has 4 aliphatic rings. The van der Waals surface area contributed by atoms with Crippen molar-refractivity contribution < 1.29 is 33.8 Å². The summed E-state index contributed by atoms with van der Waals surface area (Å²) in [5.74, 6) is -1.11. The first kappa shape index (κ1) is 46.5. The smallest absolute Gasteiger partial charge is 0.411 e. The van der Waals surface area contributed by atoms with Crippen molar-refractivity contribution in [3.63, 3.8) is 0 Å². The van der Waals surface area contributed by atoms with E-state index >= 15 is 0 Å². The number of amides is 3. The summed E-state index contributed by atoms with van der Waals surface area (Å²) < 4.78 is 11.4. The van der Waals surface area contributed by atoms with Crippen molar-refractivity contribution >= 4 is 46.1 Å². The molecule has 2 aliphatic carbocycles. The monoisotopic (exact) mass is 906 g/mol. The number of carboxylic acids is 1. The zero-order valence-corrected chi connectivity index (χ0v) is 38.3. The Morgan fingerprint density at radius 1 is 0.582 bits per heavy atom. The van der Waals surface area contributed by atoms with E-state index in [0.29, 0.717) is 27.6 Å². The number of carbonyl (C=O) groups excluding carboxylic acids is 3. The molecule has 0 bridgehead atoms. The number of nitrogens with one attached hydrogen (secondary N) is 1. The molecule has 2 atom stereocenters. The highest BCUT2D eigenvalue weighted by Crippen LogP contribution is 2.46. The number of aromatic nitrogens is 4. The van der Waals surface area contributed by atoms with Crippen molar-refractivity contribution in [1.82, 2.24) is 35.1 Å². The molecule has 0 spiro atoms. The lowest BCUT2D eigenvalue weighted by molar-refractivity contribution is 0.0655. The van der Waals surface area contributed by atoms with Gasteiger partial charge in [0, 0.05) is 49.0 Å². The quantitative estimate of drug-likeness (QED) is 0.137. The van der Waals surface area contributed by atoms with Crippen LogP contribution in [0, 0.1) is 0 Å². The fourth-order valence-corrected chi connectivity index (χ4v) is 10.1. The summed E-state index contributed by atoms with van der Waals surface area (Å²) in [6.45, 7) is 7.94. The highest BCUT2D eigenvalue weighted by atomic mass is 16.6. The molecule has 2 saturated carbocycles. The fraction of sp³-hybridized carbons (Fsp3) is 0.385. The summed E-state index contributed by atoms with van der Waals surface area (Å²) in [4.78, 5) is 69.5. The predicted molar refractivity (Wildman–Crippen MR) is 253 cm³/mol. The molecule has 15 nitrogen and oxygen atoms in total. The second-order valence-corrected chi connectivity index (χ2v) is 18.7. The Balaban J connectivity index is 0.000000152. The first-order valence-corrected chi connectivity index (χ1v) is 23.0. The van der Waals surface area contributed by atoms with Gasteiger partial charge in [0.15, 0.2) is 0 Å². The average Bonchev–Trinajstić information content (AvgIpc) is 3.73. The summed E-state index contributed by atoms with van der Waals surface area (Å²) in [5, 5.41) is 12.0. The lowest BCUT2D eigenvalue weighted by Crippen LogP contribution is -2.46. The van der Waals surface area contributed by atoms with Crippen molar-refractivity contribution in [1.29, 1.82) is 0 Å². The molecule has 6 heterocycles. The average molecular weight is 907 g/mol. The molecule has 0 radical (unpaired) electrons. The minimum Gasteiger partial charge on any atom is -0.478 e. The van der Waals surface area contributed by atoms with Crippen LogP contribution in [-0.4, -0.2) is 94.3 Å². The van der Waals surface area contributed by atoms with E-state index in [2.05, 4.69) is 49.5 Å². The standard InChI is InChI=1S/C26H28N4O3.C17H24N2O2.C9H6N2O2/c1-26(2)23(17-7-4-3-5-8-17)30(25(32)33-26)19-12-10-18(11-13-19)29-24(31)20-14-16-27-21-9-6-15-28-22(20)21;1-17(2)15(12-6-4-3-5-7-12)19(16(20)21-17)14-10-8-13(18)9-11-14;12-9(13)6-3-5-10-7-2-1-4-11-8(6)7/h3-9,14-16,18-19,23H,10-13H2,1-2H3,(H,29,31);3-7,13-15H,8-11,18H2,1-2H3;1-5H,(H,12,13)/t18?,19?,23-;13?,14?,15-;/m00./s1. The van der Waals surface area contributed by atoms with Gasteiger partial charge in [-0.3, -0.25) is 34.5 Å². The Morgan fingerprint density at radius 2 is 1.01 bits per heavy atom. The molecule has 2 aromatic carbocycles. The number of carbonyl (C=O) groups is 4. The number of aromatic carboxylic acids is 1. The van der Waals surface area contributed by atoms with Crippen LogP contribution in [0.5, 0.6) is 0 Å². The van der Waals surface area contributed by atoms with Crippen LogP contribution in [0.25, 0.3) is 22.1 Å². The first-order valence-electron chi connectivity index (χ1n) is 23.0. The van der Waals surface area contributed by atoms with E-state index in [9.17, 15) is 19.2 Å². The van der Waals surface area contributed by atoms with Crippen LogP contribution in [0.1, 0.15) is 123 Å². The van der Waals surface area contributed by atoms with Gasteiger partial charge in [0.2, 0.25) is 0 Å². The number of pyridine rings is 4. The normalized spacial score (nSPS) is 24.1. The zero-order chi connectivity index (χ0) is 47.3. The molecular weight excluding hydrogens is 849 g/mol. The number of hydrogen-bond donors (Lipinski definition) is 3. The van der Waals surface area contributed by atoms with Crippen LogP contribution >= 0.6 is 0 Å². The second-order valence-electron chi connectivity index (χ2n) is 18.7. The summed E-state index contributed by atoms with van der Waals surface area (Å²) in [6.07, 6.45) is 13.0. The van der Waals surface area contributed by atoms with Gasteiger partial charge in [-0.2, -0.15) is 0 Å². The second kappa shape index (κ2) is 19.8. The Labute approximate surface area is 390 Å². The van der Waals surface area contributed by atoms with E-state index < -0.39 is 17.2 Å². The molecule has 3 amide bonds. The molecule has 10 rings (SSSR count). The number of ether oxygens (including phenoxy) is 2. The molecular formula is C52H58N8O7. The van der Waals surface area contributed by atoms with Crippen molar-refractivity contribution in [2.75, 3.05) is 0 Å². The van der Waals surface area contributed by atoms with Crippen molar-refractivity contribution in [3.8, 4) is 0 Å². The van der Waals surface area contributed by atoms with Gasteiger partial charge >= 0.3 is 18.2 Å². The lowest BCUT2D eigenvalue weighted by atomic mass is 9.86. The summed E-state index contributed by atoms with van der Waals surface area (Å²) in [6, 6.07) is 31.1. The molecule has 2 saturated heterocycles. The zero-order valence-electron chi connectivity index (χ0n) is 38.3. The topological polar surface area (TPSA) is 203 Å². The molecule has 67 heavy (non-hydrogen) atoms. The number of carboxylic acid groups (broad SMARTS) is 1. The molecule has 2 aliphatic heterocycles. The van der Waals surface area contributed by atoms with Gasteiger partial charge in [-0.05, 0) is 127 Å². The summed E-state index contributed by atoms with van der Waals surface area (Å²) in [5.41, 5.74) is 10.2. The molecule has 4 N–H and O–H groups in total. The summed E-state index contributed by atoms with van der Waals surface area (Å²) >= 11 is 0. The minimum absolute atomic E-state index is 0.0227. The number of fused-ring (bicyclic) bond motifs is 2. The van der Waals surface area contributed by atoms with E-state index in [0.717, 1.165) is 62.5 Å². The number of cyclic esters (lactones) is 2. The highest BCUT2D eigenvalue weighted by molar-refractivity contribution is 6.04. The van der Waals surface area contributed by atoms with Crippen molar-refractivity contribution in [2.45, 2.75) is 127 Å². The maximum Gasteiger partial charge on any atom is 0.411 e. The maximum absolute atomic E-state index is 13.0. The minimum atomic E-state index is -0.980. The van der Waals surface area contributed by atoms with Crippen LogP contribution in [0.15, 0.2) is 122 Å². The Morgan fingerprint density at radius 3 is 1.48 bits per heavy atom. The van der Waals surface area contributed by atoms with Gasteiger partial charge in [0.05, 0.1) is 34.2 Å². The number of hydrogen-bond acceptors (Lipinski definition) is 11. The van der Waals surface area contributed by atoms with Crippen LogP contribution in [0.2, 0.25) is 0 Å². The molecule has 348 valence electrons. The molecule has 15 heteroatoms. The lowest BCUT2D eigenvalue weighted by Gasteiger charge is -2.38. The largest absolute Gasteiger partial charge is 0.478 e. The van der Waals surface area contributed by atoms with Gasteiger partial charge in [-0.15, -0.1) is 0 Å². The summed E-state index contributed by atoms with van der Waals surface area (Å²) in [7, 11) is 0. The third kappa shape index (κ3) is 10.2. The van der Waals surface area contributed by atoms with Gasteiger partial charge in [0.25, 0.3) is 5.91 Å². The van der Waals surface area contributed by atoms with Crippen molar-refractivity contribution in [3.05, 3.63) is 144 Å². The van der Waals surface area contributed by atoms with Gasteiger partial charge in [0.1, 0.15) is 22.2 Å². The Bertz CT molecular complexity index is 2690. The van der Waals surface area contributed by atoms with E-state index in [1.165, 1.54) is 12.3 Å². The number of benzene rings is 2.